The molecule has 1 amide bonds. The van der Waals surface area contributed by atoms with Gasteiger partial charge in [-0.2, -0.15) is 4.98 Å². The number of pyridine rings is 1. The second kappa shape index (κ2) is 8.24. The van der Waals surface area contributed by atoms with Crippen molar-refractivity contribution in [3.8, 4) is 5.88 Å². The van der Waals surface area contributed by atoms with Crippen molar-refractivity contribution in [3.63, 3.8) is 0 Å². The van der Waals surface area contributed by atoms with Crippen LogP contribution < -0.4 is 20.7 Å². The second-order valence-corrected chi connectivity index (χ2v) is 4.62. The number of amides is 1. The van der Waals surface area contributed by atoms with Gasteiger partial charge in [-0.15, -0.1) is 0 Å². The number of likely N-dealkylation sites (N-methyl/N-ethyl adjacent to an activating group) is 1. The summed E-state index contributed by atoms with van der Waals surface area (Å²) in [6.45, 7) is 5.55. The number of rotatable bonds is 8. The summed E-state index contributed by atoms with van der Waals surface area (Å²) in [6.07, 6.45) is 1.81. The smallest absolute Gasteiger partial charge is 0.239 e. The van der Waals surface area contributed by atoms with Crippen LogP contribution in [0.4, 0.5) is 11.5 Å². The van der Waals surface area contributed by atoms with Gasteiger partial charge in [-0.25, -0.2) is 0 Å². The van der Waals surface area contributed by atoms with Gasteiger partial charge >= 0.3 is 0 Å². The molecule has 6 heteroatoms. The van der Waals surface area contributed by atoms with Gasteiger partial charge in [0.1, 0.15) is 5.82 Å². The van der Waals surface area contributed by atoms with E-state index in [2.05, 4.69) is 10.3 Å². The van der Waals surface area contributed by atoms with Gasteiger partial charge in [0, 0.05) is 13.6 Å². The van der Waals surface area contributed by atoms with E-state index in [1.807, 2.05) is 20.9 Å². The van der Waals surface area contributed by atoms with Crippen LogP contribution in [0.5, 0.6) is 5.88 Å². The van der Waals surface area contributed by atoms with E-state index < -0.39 is 0 Å². The molecule has 0 radical (unpaired) electrons. The van der Waals surface area contributed by atoms with Crippen LogP contribution in [0.15, 0.2) is 12.1 Å². The number of hydrogen-bond acceptors (Lipinski definition) is 5. The van der Waals surface area contributed by atoms with E-state index in [1.165, 1.54) is 0 Å². The number of nitrogens with one attached hydrogen (secondary N) is 1. The van der Waals surface area contributed by atoms with Gasteiger partial charge in [-0.1, -0.05) is 13.8 Å². The number of aromatic nitrogens is 1. The largest absolute Gasteiger partial charge is 0.476 e. The van der Waals surface area contributed by atoms with Crippen LogP contribution in [0, 0.1) is 0 Å². The highest BCUT2D eigenvalue weighted by Crippen LogP contribution is 2.22. The van der Waals surface area contributed by atoms with Crippen molar-refractivity contribution in [2.45, 2.75) is 26.7 Å². The molecule has 3 N–H and O–H groups in total. The molecule has 0 saturated carbocycles. The molecule has 0 aliphatic rings. The summed E-state index contributed by atoms with van der Waals surface area (Å²) in [5, 5.41) is 2.83. The first-order chi connectivity index (χ1) is 9.58. The third-order valence-corrected chi connectivity index (χ3v) is 2.66. The summed E-state index contributed by atoms with van der Waals surface area (Å²) in [7, 11) is 1.81. The molecule has 1 heterocycles. The first kappa shape index (κ1) is 16.1. The molecule has 0 aliphatic heterocycles. The highest BCUT2D eigenvalue weighted by Gasteiger charge is 2.11. The summed E-state index contributed by atoms with van der Waals surface area (Å²) < 4.78 is 5.48. The van der Waals surface area contributed by atoms with Crippen LogP contribution in [0.2, 0.25) is 0 Å². The van der Waals surface area contributed by atoms with E-state index in [-0.39, 0.29) is 12.5 Å². The lowest BCUT2D eigenvalue weighted by Crippen LogP contribution is -2.35. The average molecular weight is 280 g/mol. The number of carbonyl (C=O) groups excluding carboxylic acids is 1. The third kappa shape index (κ3) is 4.95. The number of hydrogen-bond donors (Lipinski definition) is 2. The summed E-state index contributed by atoms with van der Waals surface area (Å²) in [6, 6.07) is 3.52. The first-order valence-electron chi connectivity index (χ1n) is 6.95. The fourth-order valence-electron chi connectivity index (χ4n) is 1.59. The van der Waals surface area contributed by atoms with E-state index >= 15 is 0 Å². The number of ether oxygens (including phenoxy) is 1. The Bertz CT molecular complexity index is 437. The third-order valence-electron chi connectivity index (χ3n) is 2.66. The molecule has 112 valence electrons. The lowest BCUT2D eigenvalue weighted by atomic mass is 10.3. The van der Waals surface area contributed by atoms with Crippen LogP contribution in [0.1, 0.15) is 26.7 Å². The topological polar surface area (TPSA) is 80.5 Å². The average Bonchev–Trinajstić information content (AvgIpc) is 2.44. The minimum atomic E-state index is -0.0241. The summed E-state index contributed by atoms with van der Waals surface area (Å²) >= 11 is 0. The quantitative estimate of drug-likeness (QED) is 0.752. The number of carbonyl (C=O) groups is 1. The Morgan fingerprint density at radius 1 is 1.40 bits per heavy atom. The van der Waals surface area contributed by atoms with Gasteiger partial charge in [0.15, 0.2) is 0 Å². The molecular formula is C14H24N4O2. The molecule has 1 aromatic rings. The lowest BCUT2D eigenvalue weighted by molar-refractivity contribution is -0.119. The van der Waals surface area contributed by atoms with E-state index in [0.29, 0.717) is 30.5 Å². The van der Waals surface area contributed by atoms with E-state index in [0.717, 1.165) is 12.8 Å². The molecule has 0 unspecified atom stereocenters. The van der Waals surface area contributed by atoms with Crippen LogP contribution in [-0.2, 0) is 4.79 Å². The van der Waals surface area contributed by atoms with Crippen molar-refractivity contribution in [1.29, 1.82) is 0 Å². The summed E-state index contributed by atoms with van der Waals surface area (Å²) in [4.78, 5) is 17.8. The molecule has 0 saturated heterocycles. The predicted octanol–water partition coefficient (Wildman–Crippen LogP) is 1.41. The molecule has 1 rings (SSSR count). The Hall–Kier alpha value is -1.98. The maximum atomic E-state index is 11.7. The van der Waals surface area contributed by atoms with Gasteiger partial charge in [-0.05, 0) is 25.0 Å². The Morgan fingerprint density at radius 2 is 2.15 bits per heavy atom. The van der Waals surface area contributed by atoms with Crippen molar-refractivity contribution in [1.82, 2.24) is 10.3 Å². The van der Waals surface area contributed by atoms with Crippen molar-refractivity contribution in [2.24, 2.45) is 0 Å². The number of anilines is 2. The Kier molecular flexibility index (Phi) is 6.63. The molecule has 20 heavy (non-hydrogen) atoms. The highest BCUT2D eigenvalue weighted by atomic mass is 16.5. The lowest BCUT2D eigenvalue weighted by Gasteiger charge is -2.19. The van der Waals surface area contributed by atoms with Gasteiger partial charge in [0.05, 0.1) is 18.8 Å². The van der Waals surface area contributed by atoms with E-state index in [4.69, 9.17) is 10.5 Å². The molecule has 0 atom stereocenters. The van der Waals surface area contributed by atoms with E-state index in [1.54, 1.807) is 17.0 Å². The molecular weight excluding hydrogens is 256 g/mol. The zero-order valence-electron chi connectivity index (χ0n) is 12.5. The summed E-state index contributed by atoms with van der Waals surface area (Å²) in [5.41, 5.74) is 6.32. The number of nitrogens with zero attached hydrogens (tertiary/aromatic N) is 2. The van der Waals surface area contributed by atoms with Crippen molar-refractivity contribution in [2.75, 3.05) is 37.4 Å². The highest BCUT2D eigenvalue weighted by molar-refractivity contribution is 5.80. The van der Waals surface area contributed by atoms with Crippen LogP contribution in [0.3, 0.4) is 0 Å². The van der Waals surface area contributed by atoms with Crippen LogP contribution in [0.25, 0.3) is 0 Å². The monoisotopic (exact) mass is 280 g/mol. The maximum absolute atomic E-state index is 11.7. The first-order valence-corrected chi connectivity index (χ1v) is 6.95. The normalized spacial score (nSPS) is 10.2. The fraction of sp³-hybridized carbons (Fsp3) is 0.571. The predicted molar refractivity (Wildman–Crippen MR) is 81.0 cm³/mol. The molecule has 0 aromatic carbocycles. The molecule has 6 nitrogen and oxygen atoms in total. The second-order valence-electron chi connectivity index (χ2n) is 4.62. The minimum absolute atomic E-state index is 0.0241. The molecule has 0 bridgehead atoms. The Balaban J connectivity index is 2.67. The molecule has 0 fully saturated rings. The van der Waals surface area contributed by atoms with Gasteiger partial charge in [-0.3, -0.25) is 4.79 Å². The van der Waals surface area contributed by atoms with Crippen molar-refractivity contribution >= 4 is 17.4 Å². The minimum Gasteiger partial charge on any atom is -0.476 e. The molecule has 0 spiro atoms. The van der Waals surface area contributed by atoms with Gasteiger partial charge in [0.2, 0.25) is 11.8 Å². The van der Waals surface area contributed by atoms with Gasteiger partial charge in [0.25, 0.3) is 0 Å². The Morgan fingerprint density at radius 3 is 2.80 bits per heavy atom. The standard InChI is InChI=1S/C14H24N4O2/c1-4-8-16-13(19)10-18(3)12-7-6-11(15)14(17-12)20-9-5-2/h6-7H,4-5,8-10,15H2,1-3H3,(H,16,19). The van der Waals surface area contributed by atoms with Crippen molar-refractivity contribution < 1.29 is 9.53 Å². The number of nitrogens with two attached hydrogens (primary N) is 1. The zero-order chi connectivity index (χ0) is 15.0. The summed E-state index contributed by atoms with van der Waals surface area (Å²) in [5.74, 6) is 1.06. The van der Waals surface area contributed by atoms with Crippen LogP contribution in [-0.4, -0.2) is 37.6 Å². The SMILES string of the molecule is CCCNC(=O)CN(C)c1ccc(N)c(OCCC)n1. The van der Waals surface area contributed by atoms with Crippen molar-refractivity contribution in [3.05, 3.63) is 12.1 Å². The number of nitrogen functional groups attached to an aromatic ring is 1. The fourth-order valence-corrected chi connectivity index (χ4v) is 1.59. The maximum Gasteiger partial charge on any atom is 0.239 e. The molecule has 1 aromatic heterocycles. The Labute approximate surface area is 120 Å². The van der Waals surface area contributed by atoms with Crippen LogP contribution >= 0.6 is 0 Å². The zero-order valence-corrected chi connectivity index (χ0v) is 12.5. The molecule has 0 aliphatic carbocycles. The van der Waals surface area contributed by atoms with Gasteiger partial charge < -0.3 is 20.7 Å². The van der Waals surface area contributed by atoms with E-state index in [9.17, 15) is 4.79 Å².